The first kappa shape index (κ1) is 16.7. The third-order valence-corrected chi connectivity index (χ3v) is 4.01. The number of aromatic nitrogens is 1. The minimum atomic E-state index is -0.405. The van der Waals surface area contributed by atoms with Crippen LogP contribution in [-0.4, -0.2) is 22.1 Å². The summed E-state index contributed by atoms with van der Waals surface area (Å²) < 4.78 is 7.01. The largest absolute Gasteiger partial charge is 0.466 e. The maximum Gasteiger partial charge on any atom is 0.307 e. The van der Waals surface area contributed by atoms with E-state index in [1.807, 2.05) is 41.0 Å². The highest BCUT2D eigenvalue weighted by molar-refractivity contribution is 5.89. The second-order valence-corrected chi connectivity index (χ2v) is 5.60. The maximum atomic E-state index is 11.7. The number of hydrogen-bond donors (Lipinski definition) is 0. The van der Waals surface area contributed by atoms with Gasteiger partial charge in [-0.1, -0.05) is 30.3 Å². The van der Waals surface area contributed by atoms with Gasteiger partial charge < -0.3 is 9.30 Å². The molecule has 0 radical (unpaired) electrons. The molecule has 6 nitrogen and oxygen atoms in total. The predicted molar refractivity (Wildman–Crippen MR) is 95.3 cm³/mol. The van der Waals surface area contributed by atoms with E-state index in [1.54, 1.807) is 19.1 Å². The fraction of sp³-hybridized carbons (Fsp3) is 0.211. The SMILES string of the molecule is CCOC(=O)CCn1c(-c2ccccc2)cc2cc([N+](=O)[O-])ccc21. The van der Waals surface area contributed by atoms with E-state index >= 15 is 0 Å². The second-order valence-electron chi connectivity index (χ2n) is 5.60. The minimum Gasteiger partial charge on any atom is -0.466 e. The van der Waals surface area contributed by atoms with Crippen LogP contribution in [-0.2, 0) is 16.1 Å². The van der Waals surface area contributed by atoms with Crippen molar-refractivity contribution < 1.29 is 14.5 Å². The van der Waals surface area contributed by atoms with Crippen LogP contribution in [0.2, 0.25) is 0 Å². The molecule has 0 unspecified atom stereocenters. The Morgan fingerprint density at radius 3 is 2.60 bits per heavy atom. The normalized spacial score (nSPS) is 10.8. The molecule has 0 atom stereocenters. The van der Waals surface area contributed by atoms with E-state index in [1.165, 1.54) is 6.07 Å². The van der Waals surface area contributed by atoms with Crippen LogP contribution in [0.15, 0.2) is 54.6 Å². The summed E-state index contributed by atoms with van der Waals surface area (Å²) >= 11 is 0. The zero-order valence-corrected chi connectivity index (χ0v) is 13.8. The summed E-state index contributed by atoms with van der Waals surface area (Å²) in [5, 5.41) is 11.8. The lowest BCUT2D eigenvalue weighted by molar-refractivity contribution is -0.384. The molecular weight excluding hydrogens is 320 g/mol. The molecule has 0 spiro atoms. The molecule has 0 aliphatic carbocycles. The Kier molecular flexibility index (Phi) is 4.79. The fourth-order valence-corrected chi connectivity index (χ4v) is 2.90. The third-order valence-electron chi connectivity index (χ3n) is 4.01. The lowest BCUT2D eigenvalue weighted by atomic mass is 10.1. The standard InChI is InChI=1S/C19H18N2O4/c1-2-25-19(22)10-11-20-17-9-8-16(21(23)24)12-15(17)13-18(20)14-6-4-3-5-7-14/h3-9,12-13H,2,10-11H2,1H3. The van der Waals surface area contributed by atoms with Crippen LogP contribution < -0.4 is 0 Å². The number of esters is 1. The van der Waals surface area contributed by atoms with Crippen molar-refractivity contribution in [1.29, 1.82) is 0 Å². The number of nitro benzene ring substituents is 1. The molecule has 1 aromatic heterocycles. The number of carbonyl (C=O) groups excluding carboxylic acids is 1. The summed E-state index contributed by atoms with van der Waals surface area (Å²) in [6.07, 6.45) is 0.244. The highest BCUT2D eigenvalue weighted by Gasteiger charge is 2.15. The van der Waals surface area contributed by atoms with E-state index < -0.39 is 4.92 Å². The van der Waals surface area contributed by atoms with E-state index in [4.69, 9.17) is 4.74 Å². The zero-order valence-electron chi connectivity index (χ0n) is 13.8. The Hall–Kier alpha value is -3.15. The number of aryl methyl sites for hydroxylation is 1. The number of non-ortho nitro benzene ring substituents is 1. The minimum absolute atomic E-state index is 0.0506. The van der Waals surface area contributed by atoms with Gasteiger partial charge in [-0.25, -0.2) is 0 Å². The summed E-state index contributed by atoms with van der Waals surface area (Å²) in [5.74, 6) is -0.259. The molecule has 128 valence electrons. The Labute approximate surface area is 144 Å². The Morgan fingerprint density at radius 2 is 1.92 bits per heavy atom. The number of benzene rings is 2. The molecule has 0 aliphatic heterocycles. The lowest BCUT2D eigenvalue weighted by Crippen LogP contribution is -2.09. The zero-order chi connectivity index (χ0) is 17.8. The van der Waals surface area contributed by atoms with Gasteiger partial charge in [0.25, 0.3) is 5.69 Å². The summed E-state index contributed by atoms with van der Waals surface area (Å²) in [6, 6.07) is 16.4. The molecule has 6 heteroatoms. The summed E-state index contributed by atoms with van der Waals surface area (Å²) in [4.78, 5) is 22.4. The second kappa shape index (κ2) is 7.17. The topological polar surface area (TPSA) is 74.4 Å². The first-order chi connectivity index (χ1) is 12.1. The van der Waals surface area contributed by atoms with Crippen molar-refractivity contribution in [2.45, 2.75) is 19.9 Å². The van der Waals surface area contributed by atoms with Crippen molar-refractivity contribution in [2.75, 3.05) is 6.61 Å². The maximum absolute atomic E-state index is 11.7. The van der Waals surface area contributed by atoms with Gasteiger partial charge in [0.05, 0.1) is 18.0 Å². The molecule has 2 aromatic carbocycles. The van der Waals surface area contributed by atoms with Crippen molar-refractivity contribution >= 4 is 22.6 Å². The Morgan fingerprint density at radius 1 is 1.16 bits per heavy atom. The van der Waals surface area contributed by atoms with Crippen molar-refractivity contribution in [3.63, 3.8) is 0 Å². The van der Waals surface area contributed by atoms with Gasteiger partial charge >= 0.3 is 5.97 Å². The molecule has 3 rings (SSSR count). The van der Waals surface area contributed by atoms with Crippen LogP contribution in [0.3, 0.4) is 0 Å². The molecule has 0 bridgehead atoms. The third kappa shape index (κ3) is 3.52. The first-order valence-corrected chi connectivity index (χ1v) is 8.09. The number of fused-ring (bicyclic) bond motifs is 1. The van der Waals surface area contributed by atoms with Crippen LogP contribution >= 0.6 is 0 Å². The van der Waals surface area contributed by atoms with Crippen molar-refractivity contribution in [2.24, 2.45) is 0 Å². The summed E-state index contributed by atoms with van der Waals surface area (Å²) in [6.45, 7) is 2.57. The molecule has 1 heterocycles. The average molecular weight is 338 g/mol. The molecule has 0 amide bonds. The smallest absolute Gasteiger partial charge is 0.307 e. The number of hydrogen-bond acceptors (Lipinski definition) is 4. The monoisotopic (exact) mass is 338 g/mol. The molecule has 0 saturated carbocycles. The van der Waals surface area contributed by atoms with Gasteiger partial charge in [-0.2, -0.15) is 0 Å². The highest BCUT2D eigenvalue weighted by atomic mass is 16.6. The van der Waals surface area contributed by atoms with Crippen molar-refractivity contribution in [1.82, 2.24) is 4.57 Å². The predicted octanol–water partition coefficient (Wildman–Crippen LogP) is 4.17. The molecule has 0 N–H and O–H groups in total. The van der Waals surface area contributed by atoms with E-state index in [-0.39, 0.29) is 18.1 Å². The Balaban J connectivity index is 2.07. The van der Waals surface area contributed by atoms with E-state index in [9.17, 15) is 14.9 Å². The average Bonchev–Trinajstić information content (AvgIpc) is 2.98. The van der Waals surface area contributed by atoms with Crippen LogP contribution in [0.25, 0.3) is 22.2 Å². The number of rotatable bonds is 6. The van der Waals surface area contributed by atoms with Gasteiger partial charge in [-0.3, -0.25) is 14.9 Å². The van der Waals surface area contributed by atoms with Crippen LogP contribution in [0.5, 0.6) is 0 Å². The Bertz CT molecular complexity index is 916. The van der Waals surface area contributed by atoms with Gasteiger partial charge in [0.1, 0.15) is 0 Å². The van der Waals surface area contributed by atoms with Crippen LogP contribution in [0.1, 0.15) is 13.3 Å². The van der Waals surface area contributed by atoms with Gasteiger partial charge in [0.2, 0.25) is 0 Å². The number of carbonyl (C=O) groups is 1. The molecule has 3 aromatic rings. The van der Waals surface area contributed by atoms with Crippen molar-refractivity contribution in [3.05, 3.63) is 64.7 Å². The van der Waals surface area contributed by atoms with E-state index in [2.05, 4.69) is 0 Å². The first-order valence-electron chi connectivity index (χ1n) is 8.09. The molecule has 0 fully saturated rings. The molecule has 0 aliphatic rings. The number of nitrogens with zero attached hydrogens (tertiary/aromatic N) is 2. The van der Waals surface area contributed by atoms with Gasteiger partial charge in [-0.15, -0.1) is 0 Å². The summed E-state index contributed by atoms with van der Waals surface area (Å²) in [5.41, 5.74) is 2.81. The fourth-order valence-electron chi connectivity index (χ4n) is 2.90. The highest BCUT2D eigenvalue weighted by Crippen LogP contribution is 2.30. The van der Waals surface area contributed by atoms with Crippen LogP contribution in [0.4, 0.5) is 5.69 Å². The lowest BCUT2D eigenvalue weighted by Gasteiger charge is -2.11. The van der Waals surface area contributed by atoms with Gasteiger partial charge in [-0.05, 0) is 24.6 Å². The molecule has 0 saturated heterocycles. The van der Waals surface area contributed by atoms with Crippen LogP contribution in [0, 0.1) is 10.1 Å². The summed E-state index contributed by atoms with van der Waals surface area (Å²) in [7, 11) is 0. The van der Waals surface area contributed by atoms with Crippen molar-refractivity contribution in [3.8, 4) is 11.3 Å². The number of ether oxygens (including phenoxy) is 1. The van der Waals surface area contributed by atoms with E-state index in [0.717, 1.165) is 22.2 Å². The van der Waals surface area contributed by atoms with Gasteiger partial charge in [0.15, 0.2) is 0 Å². The number of nitro groups is 1. The molecule has 25 heavy (non-hydrogen) atoms. The quantitative estimate of drug-likeness (QED) is 0.384. The van der Waals surface area contributed by atoms with E-state index in [0.29, 0.717) is 13.2 Å². The van der Waals surface area contributed by atoms with Gasteiger partial charge in [0, 0.05) is 35.3 Å². The molecular formula is C19H18N2O4.